The van der Waals surface area contributed by atoms with Gasteiger partial charge in [0.2, 0.25) is 5.95 Å². The molecule has 0 aliphatic heterocycles. The Labute approximate surface area is 160 Å². The number of hydrogen-bond acceptors (Lipinski definition) is 4. The van der Waals surface area contributed by atoms with Crippen LogP contribution in [0.2, 0.25) is 5.02 Å². The lowest BCUT2D eigenvalue weighted by atomic mass is 10.2. The number of nitrogens with zero attached hydrogens (tertiary/aromatic N) is 2. The van der Waals surface area contributed by atoms with Crippen molar-refractivity contribution < 1.29 is 13.2 Å². The standard InChI is InChI=1S/C19H20ClF3N4/c20-14-9-12(19(21,22)23)7-8-15(14)25-17-10-16(11-5-6-11)26-18(27-17)24-13-3-1-2-4-13/h7-11,13H,1-6H2,(H2,24,25,26,27). The van der Waals surface area contributed by atoms with E-state index in [9.17, 15) is 13.2 Å². The second-order valence-corrected chi connectivity index (χ2v) is 7.63. The number of halogens is 4. The van der Waals surface area contributed by atoms with Crippen molar-refractivity contribution in [2.75, 3.05) is 10.6 Å². The van der Waals surface area contributed by atoms with Crippen LogP contribution >= 0.6 is 11.6 Å². The van der Waals surface area contributed by atoms with Crippen LogP contribution in [0.4, 0.5) is 30.6 Å². The molecule has 0 spiro atoms. The fraction of sp³-hybridized carbons (Fsp3) is 0.474. The Hall–Kier alpha value is -2.02. The summed E-state index contributed by atoms with van der Waals surface area (Å²) in [6, 6.07) is 5.49. The lowest BCUT2D eigenvalue weighted by Crippen LogP contribution is -2.17. The molecule has 2 N–H and O–H groups in total. The summed E-state index contributed by atoms with van der Waals surface area (Å²) in [5.41, 5.74) is 0.566. The molecule has 8 heteroatoms. The molecule has 0 radical (unpaired) electrons. The van der Waals surface area contributed by atoms with E-state index in [0.29, 0.717) is 29.4 Å². The van der Waals surface area contributed by atoms with E-state index in [1.165, 1.54) is 18.9 Å². The van der Waals surface area contributed by atoms with Gasteiger partial charge in [0.05, 0.1) is 22.0 Å². The third-order valence-electron chi connectivity index (χ3n) is 4.99. The first-order chi connectivity index (χ1) is 12.9. The molecule has 0 unspecified atom stereocenters. The van der Waals surface area contributed by atoms with E-state index in [1.54, 1.807) is 0 Å². The van der Waals surface area contributed by atoms with Crippen LogP contribution in [-0.4, -0.2) is 16.0 Å². The van der Waals surface area contributed by atoms with E-state index >= 15 is 0 Å². The van der Waals surface area contributed by atoms with Crippen LogP contribution in [0.1, 0.15) is 55.7 Å². The monoisotopic (exact) mass is 396 g/mol. The molecule has 0 bridgehead atoms. The Bertz CT molecular complexity index is 830. The highest BCUT2D eigenvalue weighted by Gasteiger charge is 2.31. The van der Waals surface area contributed by atoms with Crippen molar-refractivity contribution in [3.8, 4) is 0 Å². The zero-order chi connectivity index (χ0) is 19.0. The maximum absolute atomic E-state index is 12.8. The smallest absolute Gasteiger partial charge is 0.351 e. The van der Waals surface area contributed by atoms with Gasteiger partial charge in [0.1, 0.15) is 5.82 Å². The van der Waals surface area contributed by atoms with Gasteiger partial charge in [-0.05, 0) is 43.9 Å². The minimum absolute atomic E-state index is 0.00158. The molecular formula is C19H20ClF3N4. The second-order valence-electron chi connectivity index (χ2n) is 7.22. The summed E-state index contributed by atoms with van der Waals surface area (Å²) in [6.45, 7) is 0. The summed E-state index contributed by atoms with van der Waals surface area (Å²) >= 11 is 6.06. The molecule has 1 heterocycles. The number of rotatable bonds is 5. The van der Waals surface area contributed by atoms with Gasteiger partial charge in [-0.25, -0.2) is 4.98 Å². The van der Waals surface area contributed by atoms with E-state index in [-0.39, 0.29) is 5.02 Å². The van der Waals surface area contributed by atoms with Crippen LogP contribution in [0.15, 0.2) is 24.3 Å². The highest BCUT2D eigenvalue weighted by molar-refractivity contribution is 6.33. The molecule has 2 aliphatic carbocycles. The fourth-order valence-corrected chi connectivity index (χ4v) is 3.59. The minimum atomic E-state index is -4.42. The first-order valence-electron chi connectivity index (χ1n) is 9.18. The molecular weight excluding hydrogens is 377 g/mol. The lowest BCUT2D eigenvalue weighted by molar-refractivity contribution is -0.137. The molecule has 2 aromatic rings. The molecule has 2 aliphatic rings. The summed E-state index contributed by atoms with van der Waals surface area (Å²) in [5, 5.41) is 6.44. The molecule has 4 nitrogen and oxygen atoms in total. The normalized spacial score (nSPS) is 17.9. The zero-order valence-electron chi connectivity index (χ0n) is 14.6. The minimum Gasteiger partial charge on any atom is -0.351 e. The van der Waals surface area contributed by atoms with Crippen molar-refractivity contribution in [2.45, 2.75) is 56.7 Å². The number of hydrogen-bond donors (Lipinski definition) is 2. The van der Waals surface area contributed by atoms with Crippen molar-refractivity contribution in [2.24, 2.45) is 0 Å². The lowest BCUT2D eigenvalue weighted by Gasteiger charge is -2.15. The number of benzene rings is 1. The van der Waals surface area contributed by atoms with Gasteiger partial charge in [-0.1, -0.05) is 24.4 Å². The molecule has 1 aromatic carbocycles. The average Bonchev–Trinajstić information content (AvgIpc) is 3.34. The van der Waals surface area contributed by atoms with Gasteiger partial charge in [0.25, 0.3) is 0 Å². The summed E-state index contributed by atoms with van der Waals surface area (Å²) < 4.78 is 38.4. The van der Waals surface area contributed by atoms with Crippen LogP contribution in [0.3, 0.4) is 0 Å². The number of nitrogens with one attached hydrogen (secondary N) is 2. The fourth-order valence-electron chi connectivity index (χ4n) is 3.37. The number of anilines is 3. The van der Waals surface area contributed by atoms with E-state index < -0.39 is 11.7 Å². The van der Waals surface area contributed by atoms with Gasteiger partial charge in [-0.15, -0.1) is 0 Å². The topological polar surface area (TPSA) is 49.8 Å². The molecule has 2 saturated carbocycles. The van der Waals surface area contributed by atoms with E-state index in [2.05, 4.69) is 20.6 Å². The number of aromatic nitrogens is 2. The van der Waals surface area contributed by atoms with Gasteiger partial charge < -0.3 is 10.6 Å². The summed E-state index contributed by atoms with van der Waals surface area (Å²) in [7, 11) is 0. The van der Waals surface area contributed by atoms with Crippen molar-refractivity contribution >= 4 is 29.1 Å². The van der Waals surface area contributed by atoms with E-state index in [1.807, 2.05) is 6.07 Å². The third kappa shape index (κ3) is 4.46. The van der Waals surface area contributed by atoms with Crippen molar-refractivity contribution in [3.63, 3.8) is 0 Å². The van der Waals surface area contributed by atoms with Gasteiger partial charge in [-0.2, -0.15) is 18.2 Å². The predicted molar refractivity (Wildman–Crippen MR) is 99.6 cm³/mol. The highest BCUT2D eigenvalue weighted by Crippen LogP contribution is 2.41. The van der Waals surface area contributed by atoms with E-state index in [4.69, 9.17) is 11.6 Å². The van der Waals surface area contributed by atoms with Crippen molar-refractivity contribution in [1.29, 1.82) is 0 Å². The molecule has 0 saturated heterocycles. The maximum Gasteiger partial charge on any atom is 0.416 e. The second kappa shape index (κ2) is 7.19. The summed E-state index contributed by atoms with van der Waals surface area (Å²) in [6.07, 6.45) is 2.38. The molecule has 27 heavy (non-hydrogen) atoms. The SMILES string of the molecule is FC(F)(F)c1ccc(Nc2cc(C3CC3)nc(NC3CCCC3)n2)c(Cl)c1. The molecule has 2 fully saturated rings. The first-order valence-corrected chi connectivity index (χ1v) is 9.55. The molecule has 0 amide bonds. The molecule has 1 aromatic heterocycles. The van der Waals surface area contributed by atoms with E-state index in [0.717, 1.165) is 43.5 Å². The Morgan fingerprint density at radius 1 is 1.00 bits per heavy atom. The average molecular weight is 397 g/mol. The van der Waals surface area contributed by atoms with Gasteiger partial charge in [-0.3, -0.25) is 0 Å². The van der Waals surface area contributed by atoms with Gasteiger partial charge in [0.15, 0.2) is 0 Å². The first kappa shape index (κ1) is 18.3. The summed E-state index contributed by atoms with van der Waals surface area (Å²) in [5.74, 6) is 1.53. The van der Waals surface area contributed by atoms with Crippen LogP contribution in [0.5, 0.6) is 0 Å². The zero-order valence-corrected chi connectivity index (χ0v) is 15.4. The van der Waals surface area contributed by atoms with Gasteiger partial charge >= 0.3 is 6.18 Å². The molecule has 144 valence electrons. The highest BCUT2D eigenvalue weighted by atomic mass is 35.5. The Kier molecular flexibility index (Phi) is 4.88. The maximum atomic E-state index is 12.8. The van der Waals surface area contributed by atoms with Crippen molar-refractivity contribution in [1.82, 2.24) is 9.97 Å². The Morgan fingerprint density at radius 3 is 2.37 bits per heavy atom. The van der Waals surface area contributed by atoms with Crippen LogP contribution < -0.4 is 10.6 Å². The Morgan fingerprint density at radius 2 is 1.74 bits per heavy atom. The predicted octanol–water partition coefficient (Wildman–Crippen LogP) is 6.12. The largest absolute Gasteiger partial charge is 0.416 e. The summed E-state index contributed by atoms with van der Waals surface area (Å²) in [4.78, 5) is 9.13. The van der Waals surface area contributed by atoms with Crippen LogP contribution in [-0.2, 0) is 6.18 Å². The van der Waals surface area contributed by atoms with Gasteiger partial charge in [0, 0.05) is 18.0 Å². The third-order valence-corrected chi connectivity index (χ3v) is 5.30. The van der Waals surface area contributed by atoms with Crippen molar-refractivity contribution in [3.05, 3.63) is 40.5 Å². The molecule has 0 atom stereocenters. The molecule has 4 rings (SSSR count). The number of alkyl halides is 3. The van der Waals surface area contributed by atoms with Crippen LogP contribution in [0.25, 0.3) is 0 Å². The Balaban J connectivity index is 1.58. The quantitative estimate of drug-likeness (QED) is 0.638. The van der Waals surface area contributed by atoms with Crippen LogP contribution in [0, 0.1) is 0 Å².